The Morgan fingerprint density at radius 3 is 2.68 bits per heavy atom. The number of nitrogens with one attached hydrogen (secondary N) is 2. The summed E-state index contributed by atoms with van der Waals surface area (Å²) < 4.78 is 0. The predicted molar refractivity (Wildman–Crippen MR) is 121 cm³/mol. The molecule has 2 N–H and O–H groups in total. The molecule has 1 aliphatic heterocycles. The Balaban J connectivity index is 1.36. The van der Waals surface area contributed by atoms with Crippen molar-refractivity contribution < 1.29 is 4.79 Å². The highest BCUT2D eigenvalue weighted by Crippen LogP contribution is 2.27. The molecule has 0 unspecified atom stereocenters. The van der Waals surface area contributed by atoms with Gasteiger partial charge in [0.15, 0.2) is 0 Å². The molecule has 2 aliphatic rings. The van der Waals surface area contributed by atoms with E-state index in [0.29, 0.717) is 18.2 Å². The second-order valence-electron chi connectivity index (χ2n) is 8.65. The number of nitrogens with zero attached hydrogens (tertiary/aromatic N) is 4. The van der Waals surface area contributed by atoms with Gasteiger partial charge in [0.05, 0.1) is 23.6 Å². The summed E-state index contributed by atoms with van der Waals surface area (Å²) in [6.07, 6.45) is 12.2. The molecule has 4 heterocycles. The van der Waals surface area contributed by atoms with Gasteiger partial charge in [0.1, 0.15) is 17.3 Å². The lowest BCUT2D eigenvalue weighted by Crippen LogP contribution is -2.35. The Kier molecular flexibility index (Phi) is 5.84. The number of rotatable bonds is 6. The topological polar surface area (TPSA) is 92.7 Å². The maximum atomic E-state index is 12.6. The number of aromatic nitrogens is 4. The van der Waals surface area contributed by atoms with E-state index >= 15 is 0 Å². The third kappa shape index (κ3) is 4.71. The van der Waals surface area contributed by atoms with Crippen LogP contribution < -0.4 is 10.6 Å². The number of ketones is 1. The first-order chi connectivity index (χ1) is 15.2. The molecular formula is C24H28N6O. The number of carbonyl (C=O) groups is 1. The number of hydrogen-bond donors (Lipinski definition) is 2. The lowest BCUT2D eigenvalue weighted by Gasteiger charge is -2.24. The van der Waals surface area contributed by atoms with Gasteiger partial charge in [-0.3, -0.25) is 14.8 Å². The summed E-state index contributed by atoms with van der Waals surface area (Å²) in [6.45, 7) is 2.05. The number of piperidine rings is 1. The van der Waals surface area contributed by atoms with Gasteiger partial charge >= 0.3 is 0 Å². The fraction of sp³-hybridized carbons (Fsp3) is 0.458. The standard InChI is InChI=1S/C24H28N6O/c31-23(16-3-1-2-4-16)12-19-11-21-17(13-27-19)5-6-20(29-21)22-14-26-15-24(30-22)28-18-7-9-25-10-8-18/h5-6,11,13-16,18,25H,1-4,7-10,12H2,(H,28,30). The van der Waals surface area contributed by atoms with Crippen molar-refractivity contribution in [2.45, 2.75) is 51.0 Å². The largest absolute Gasteiger partial charge is 0.366 e. The average Bonchev–Trinajstić information content (AvgIpc) is 3.35. The van der Waals surface area contributed by atoms with Gasteiger partial charge in [-0.25, -0.2) is 9.97 Å². The lowest BCUT2D eigenvalue weighted by atomic mass is 9.98. The molecule has 3 aromatic rings. The van der Waals surface area contributed by atoms with Crippen LogP contribution in [-0.2, 0) is 11.2 Å². The first-order valence-corrected chi connectivity index (χ1v) is 11.3. The van der Waals surface area contributed by atoms with E-state index in [0.717, 1.165) is 72.6 Å². The molecule has 7 heteroatoms. The molecule has 160 valence electrons. The molecule has 0 radical (unpaired) electrons. The average molecular weight is 417 g/mol. The summed E-state index contributed by atoms with van der Waals surface area (Å²) in [6, 6.07) is 6.31. The fourth-order valence-electron chi connectivity index (χ4n) is 4.60. The molecule has 0 atom stereocenters. The summed E-state index contributed by atoms with van der Waals surface area (Å²) in [7, 11) is 0. The van der Waals surface area contributed by atoms with Crippen LogP contribution >= 0.6 is 0 Å². The highest BCUT2D eigenvalue weighted by molar-refractivity contribution is 5.85. The normalized spacial score (nSPS) is 17.8. The minimum absolute atomic E-state index is 0.210. The van der Waals surface area contributed by atoms with Gasteiger partial charge in [0, 0.05) is 35.7 Å². The van der Waals surface area contributed by atoms with E-state index in [9.17, 15) is 4.79 Å². The quantitative estimate of drug-likeness (QED) is 0.635. The van der Waals surface area contributed by atoms with Crippen molar-refractivity contribution in [1.29, 1.82) is 0 Å². The molecule has 2 fully saturated rings. The van der Waals surface area contributed by atoms with Crippen molar-refractivity contribution in [2.75, 3.05) is 18.4 Å². The number of Topliss-reactive ketones (excluding diaryl/α,β-unsaturated/α-hetero) is 1. The molecule has 1 saturated heterocycles. The van der Waals surface area contributed by atoms with Gasteiger partial charge in [0.25, 0.3) is 0 Å². The van der Waals surface area contributed by atoms with Crippen LogP contribution in [0.2, 0.25) is 0 Å². The third-order valence-electron chi connectivity index (χ3n) is 6.38. The number of hydrogen-bond acceptors (Lipinski definition) is 7. The van der Waals surface area contributed by atoms with Crippen molar-refractivity contribution in [2.24, 2.45) is 5.92 Å². The Morgan fingerprint density at radius 2 is 1.84 bits per heavy atom. The van der Waals surface area contributed by atoms with Crippen molar-refractivity contribution in [3.8, 4) is 11.4 Å². The molecule has 31 heavy (non-hydrogen) atoms. The molecule has 1 aliphatic carbocycles. The van der Waals surface area contributed by atoms with E-state index in [-0.39, 0.29) is 5.92 Å². The highest BCUT2D eigenvalue weighted by atomic mass is 16.1. The van der Waals surface area contributed by atoms with Gasteiger partial charge in [-0.2, -0.15) is 0 Å². The zero-order chi connectivity index (χ0) is 21.0. The first kappa shape index (κ1) is 20.0. The fourth-order valence-corrected chi connectivity index (χ4v) is 4.60. The van der Waals surface area contributed by atoms with Crippen LogP contribution in [0.1, 0.15) is 44.2 Å². The molecule has 5 rings (SSSR count). The van der Waals surface area contributed by atoms with Crippen LogP contribution in [0.4, 0.5) is 5.82 Å². The zero-order valence-corrected chi connectivity index (χ0v) is 17.7. The summed E-state index contributed by atoms with van der Waals surface area (Å²) in [5.41, 5.74) is 3.14. The van der Waals surface area contributed by atoms with Gasteiger partial charge in [-0.15, -0.1) is 0 Å². The number of anilines is 1. The second-order valence-corrected chi connectivity index (χ2v) is 8.65. The third-order valence-corrected chi connectivity index (χ3v) is 6.38. The molecule has 0 amide bonds. The lowest BCUT2D eigenvalue weighted by molar-refractivity contribution is -0.122. The van der Waals surface area contributed by atoms with Crippen LogP contribution in [0, 0.1) is 5.92 Å². The van der Waals surface area contributed by atoms with Gasteiger partial charge < -0.3 is 10.6 Å². The van der Waals surface area contributed by atoms with Crippen molar-refractivity contribution in [3.05, 3.63) is 42.5 Å². The molecule has 7 nitrogen and oxygen atoms in total. The minimum atomic E-state index is 0.210. The van der Waals surface area contributed by atoms with Crippen LogP contribution in [0.25, 0.3) is 22.3 Å². The molecular weight excluding hydrogens is 388 g/mol. The van der Waals surface area contributed by atoms with Gasteiger partial charge in [-0.1, -0.05) is 12.8 Å². The van der Waals surface area contributed by atoms with Crippen LogP contribution in [0.5, 0.6) is 0 Å². The molecule has 1 saturated carbocycles. The summed E-state index contributed by atoms with van der Waals surface area (Å²) in [5.74, 6) is 1.30. The molecule has 0 aromatic carbocycles. The van der Waals surface area contributed by atoms with Crippen molar-refractivity contribution >= 4 is 22.5 Å². The van der Waals surface area contributed by atoms with Crippen molar-refractivity contribution in [1.82, 2.24) is 25.3 Å². The van der Waals surface area contributed by atoms with Gasteiger partial charge in [-0.05, 0) is 57.0 Å². The molecule has 0 bridgehead atoms. The predicted octanol–water partition coefficient (Wildman–Crippen LogP) is 3.55. The summed E-state index contributed by atoms with van der Waals surface area (Å²) in [4.78, 5) is 31.0. The Hall–Kier alpha value is -2.93. The minimum Gasteiger partial charge on any atom is -0.366 e. The highest BCUT2D eigenvalue weighted by Gasteiger charge is 2.23. The van der Waals surface area contributed by atoms with E-state index in [1.54, 1.807) is 12.4 Å². The zero-order valence-electron chi connectivity index (χ0n) is 17.7. The van der Waals surface area contributed by atoms with E-state index in [2.05, 4.69) is 20.6 Å². The smallest absolute Gasteiger partial charge is 0.145 e. The number of pyridine rings is 2. The maximum Gasteiger partial charge on any atom is 0.145 e. The molecule has 3 aromatic heterocycles. The molecule has 0 spiro atoms. The van der Waals surface area contributed by atoms with Crippen LogP contribution in [-0.4, -0.2) is 44.9 Å². The second kappa shape index (κ2) is 9.06. The Bertz CT molecular complexity index is 1070. The van der Waals surface area contributed by atoms with Crippen LogP contribution in [0.15, 0.2) is 36.8 Å². The van der Waals surface area contributed by atoms with Crippen LogP contribution in [0.3, 0.4) is 0 Å². The first-order valence-electron chi connectivity index (χ1n) is 11.3. The number of fused-ring (bicyclic) bond motifs is 1. The summed E-state index contributed by atoms with van der Waals surface area (Å²) >= 11 is 0. The van der Waals surface area contributed by atoms with Gasteiger partial charge in [0.2, 0.25) is 0 Å². The van der Waals surface area contributed by atoms with Crippen molar-refractivity contribution in [3.63, 3.8) is 0 Å². The monoisotopic (exact) mass is 416 g/mol. The Labute approximate surface area is 182 Å². The van der Waals surface area contributed by atoms with E-state index < -0.39 is 0 Å². The Morgan fingerprint density at radius 1 is 1.00 bits per heavy atom. The SMILES string of the molecule is O=C(Cc1cc2nc(-c3cncc(NC4CCNCC4)n3)ccc2cn1)C1CCCC1. The van der Waals surface area contributed by atoms with E-state index in [1.807, 2.05) is 24.4 Å². The summed E-state index contributed by atoms with van der Waals surface area (Å²) in [5, 5.41) is 7.83. The van der Waals surface area contributed by atoms with E-state index in [4.69, 9.17) is 9.97 Å². The number of carbonyl (C=O) groups excluding carboxylic acids is 1. The maximum absolute atomic E-state index is 12.6. The van der Waals surface area contributed by atoms with E-state index in [1.165, 1.54) is 12.8 Å².